The van der Waals surface area contributed by atoms with E-state index in [-0.39, 0.29) is 11.1 Å². The van der Waals surface area contributed by atoms with E-state index < -0.39 is 11.9 Å². The third-order valence-corrected chi connectivity index (χ3v) is 4.75. The molecule has 0 fully saturated rings. The van der Waals surface area contributed by atoms with Gasteiger partial charge in [-0.3, -0.25) is 4.79 Å². The van der Waals surface area contributed by atoms with Crippen molar-refractivity contribution in [3.05, 3.63) is 77.9 Å². The van der Waals surface area contributed by atoms with E-state index in [1.165, 1.54) is 12.1 Å². The van der Waals surface area contributed by atoms with Crippen molar-refractivity contribution in [1.29, 1.82) is 0 Å². The van der Waals surface area contributed by atoms with Crippen LogP contribution in [-0.2, 0) is 6.54 Å². The molecule has 0 radical (unpaired) electrons. The zero-order chi connectivity index (χ0) is 19.0. The van der Waals surface area contributed by atoms with Crippen molar-refractivity contribution in [3.63, 3.8) is 0 Å². The number of rotatable bonds is 4. The van der Waals surface area contributed by atoms with Gasteiger partial charge >= 0.3 is 5.97 Å². The molecule has 0 aliphatic rings. The second-order valence-corrected chi connectivity index (χ2v) is 6.30. The summed E-state index contributed by atoms with van der Waals surface area (Å²) in [5.74, 6) is -1.56. The summed E-state index contributed by atoms with van der Waals surface area (Å²) in [6, 6.07) is 20.1. The molecule has 0 atom stereocenters. The van der Waals surface area contributed by atoms with Crippen LogP contribution in [0.25, 0.3) is 21.8 Å². The Hall–Kier alpha value is -3.60. The molecular formula is C22H18N2O3. The van der Waals surface area contributed by atoms with Gasteiger partial charge in [0.1, 0.15) is 0 Å². The van der Waals surface area contributed by atoms with Gasteiger partial charge in [0.25, 0.3) is 5.91 Å². The Kier molecular flexibility index (Phi) is 4.12. The smallest absolute Gasteiger partial charge is 0.336 e. The van der Waals surface area contributed by atoms with Gasteiger partial charge in [-0.25, -0.2) is 4.79 Å². The molecule has 3 aromatic carbocycles. The van der Waals surface area contributed by atoms with Crippen LogP contribution in [0, 0.1) is 0 Å². The molecule has 5 heteroatoms. The van der Waals surface area contributed by atoms with Crippen molar-refractivity contribution in [3.8, 4) is 0 Å². The summed E-state index contributed by atoms with van der Waals surface area (Å²) < 4.78 is 2.23. The highest BCUT2D eigenvalue weighted by molar-refractivity contribution is 6.13. The lowest BCUT2D eigenvalue weighted by Gasteiger charge is -2.08. The Morgan fingerprint density at radius 1 is 0.889 bits per heavy atom. The Balaban J connectivity index is 1.76. The molecule has 0 spiro atoms. The first-order valence-electron chi connectivity index (χ1n) is 8.75. The molecule has 0 saturated heterocycles. The van der Waals surface area contributed by atoms with Crippen molar-refractivity contribution in [2.45, 2.75) is 13.5 Å². The normalized spacial score (nSPS) is 11.0. The molecular weight excluding hydrogens is 340 g/mol. The molecule has 134 valence electrons. The summed E-state index contributed by atoms with van der Waals surface area (Å²) in [5.41, 5.74) is 3.00. The van der Waals surface area contributed by atoms with Gasteiger partial charge in [0, 0.05) is 34.0 Å². The van der Waals surface area contributed by atoms with E-state index >= 15 is 0 Å². The Labute approximate surface area is 155 Å². The van der Waals surface area contributed by atoms with Crippen molar-refractivity contribution in [1.82, 2.24) is 4.57 Å². The molecule has 4 aromatic rings. The van der Waals surface area contributed by atoms with Crippen molar-refractivity contribution >= 4 is 39.4 Å². The number of para-hydroxylation sites is 1. The number of aryl methyl sites for hydroxylation is 1. The maximum atomic E-state index is 12.6. The highest BCUT2D eigenvalue weighted by Crippen LogP contribution is 2.31. The van der Waals surface area contributed by atoms with E-state index in [0.717, 1.165) is 28.4 Å². The Bertz CT molecular complexity index is 1190. The zero-order valence-electron chi connectivity index (χ0n) is 14.8. The summed E-state index contributed by atoms with van der Waals surface area (Å²) in [6.45, 7) is 2.95. The average molecular weight is 358 g/mol. The molecule has 1 amide bonds. The molecule has 5 nitrogen and oxygen atoms in total. The number of nitrogens with one attached hydrogen (secondary N) is 1. The second kappa shape index (κ2) is 6.61. The first-order chi connectivity index (χ1) is 13.1. The van der Waals surface area contributed by atoms with Crippen LogP contribution in [0.3, 0.4) is 0 Å². The van der Waals surface area contributed by atoms with Gasteiger partial charge < -0.3 is 15.0 Å². The van der Waals surface area contributed by atoms with Crippen LogP contribution in [0.2, 0.25) is 0 Å². The number of fused-ring (bicyclic) bond motifs is 3. The van der Waals surface area contributed by atoms with Gasteiger partial charge in [-0.1, -0.05) is 30.3 Å². The number of aromatic nitrogens is 1. The molecule has 1 heterocycles. The third-order valence-electron chi connectivity index (χ3n) is 4.75. The molecule has 0 saturated carbocycles. The molecule has 0 aliphatic carbocycles. The minimum atomic E-state index is -1.12. The van der Waals surface area contributed by atoms with E-state index in [1.807, 2.05) is 30.3 Å². The van der Waals surface area contributed by atoms with Crippen LogP contribution >= 0.6 is 0 Å². The number of hydrogen-bond donors (Lipinski definition) is 2. The number of hydrogen-bond acceptors (Lipinski definition) is 2. The maximum absolute atomic E-state index is 12.6. The summed E-state index contributed by atoms with van der Waals surface area (Å²) >= 11 is 0. The zero-order valence-corrected chi connectivity index (χ0v) is 14.8. The molecule has 0 aliphatic heterocycles. The van der Waals surface area contributed by atoms with Gasteiger partial charge in [-0.2, -0.15) is 0 Å². The van der Waals surface area contributed by atoms with Gasteiger partial charge in [-0.15, -0.1) is 0 Å². The summed E-state index contributed by atoms with van der Waals surface area (Å²) in [6.07, 6.45) is 0. The number of benzene rings is 3. The molecule has 0 bridgehead atoms. The van der Waals surface area contributed by atoms with Gasteiger partial charge in [0.05, 0.1) is 11.1 Å². The third kappa shape index (κ3) is 2.83. The standard InChI is InChI=1S/C22H18N2O3/c1-2-24-19-10-6-5-7-15(19)18-13-14(11-12-20(18)24)23-21(25)16-8-3-4-9-17(16)22(26)27/h3-13H,2H2,1H3,(H,23,25)(H,26,27). The van der Waals surface area contributed by atoms with Crippen LogP contribution in [0.15, 0.2) is 66.7 Å². The van der Waals surface area contributed by atoms with E-state index in [1.54, 1.807) is 12.1 Å². The van der Waals surface area contributed by atoms with E-state index in [2.05, 4.69) is 28.9 Å². The largest absolute Gasteiger partial charge is 0.478 e. The summed E-state index contributed by atoms with van der Waals surface area (Å²) in [5, 5.41) is 14.3. The van der Waals surface area contributed by atoms with Crippen molar-refractivity contribution < 1.29 is 14.7 Å². The highest BCUT2D eigenvalue weighted by atomic mass is 16.4. The Morgan fingerprint density at radius 2 is 1.56 bits per heavy atom. The lowest BCUT2D eigenvalue weighted by molar-refractivity contribution is 0.0692. The number of carboxylic acid groups (broad SMARTS) is 1. The van der Waals surface area contributed by atoms with E-state index in [9.17, 15) is 14.7 Å². The molecule has 1 aromatic heterocycles. The topological polar surface area (TPSA) is 71.3 Å². The predicted molar refractivity (Wildman–Crippen MR) is 106 cm³/mol. The van der Waals surface area contributed by atoms with Gasteiger partial charge in [-0.05, 0) is 43.3 Å². The predicted octanol–water partition coefficient (Wildman–Crippen LogP) is 4.76. The lowest BCUT2D eigenvalue weighted by Crippen LogP contribution is -2.16. The SMILES string of the molecule is CCn1c2ccccc2c2cc(NC(=O)c3ccccc3C(=O)O)ccc21. The van der Waals surface area contributed by atoms with Gasteiger partial charge in [0.15, 0.2) is 0 Å². The second-order valence-electron chi connectivity index (χ2n) is 6.30. The number of amides is 1. The molecule has 2 N–H and O–H groups in total. The van der Waals surface area contributed by atoms with Crippen LogP contribution in [0.1, 0.15) is 27.6 Å². The average Bonchev–Trinajstić information content (AvgIpc) is 3.01. The fourth-order valence-corrected chi connectivity index (χ4v) is 3.54. The maximum Gasteiger partial charge on any atom is 0.336 e. The molecule has 27 heavy (non-hydrogen) atoms. The van der Waals surface area contributed by atoms with Crippen LogP contribution in [-0.4, -0.2) is 21.6 Å². The van der Waals surface area contributed by atoms with Crippen LogP contribution in [0.4, 0.5) is 5.69 Å². The fraction of sp³-hybridized carbons (Fsp3) is 0.0909. The van der Waals surface area contributed by atoms with Crippen LogP contribution < -0.4 is 5.32 Å². The minimum Gasteiger partial charge on any atom is -0.478 e. The fourth-order valence-electron chi connectivity index (χ4n) is 3.54. The number of anilines is 1. The lowest BCUT2D eigenvalue weighted by atomic mass is 10.1. The number of aromatic carboxylic acids is 1. The monoisotopic (exact) mass is 358 g/mol. The summed E-state index contributed by atoms with van der Waals surface area (Å²) in [7, 11) is 0. The number of carboxylic acids is 1. The van der Waals surface area contributed by atoms with Crippen LogP contribution in [0.5, 0.6) is 0 Å². The summed E-state index contributed by atoms with van der Waals surface area (Å²) in [4.78, 5) is 24.0. The quantitative estimate of drug-likeness (QED) is 0.552. The van der Waals surface area contributed by atoms with Crippen molar-refractivity contribution in [2.24, 2.45) is 0 Å². The first kappa shape index (κ1) is 16.8. The van der Waals surface area contributed by atoms with E-state index in [0.29, 0.717) is 5.69 Å². The number of carbonyl (C=O) groups is 2. The highest BCUT2D eigenvalue weighted by Gasteiger charge is 2.16. The van der Waals surface area contributed by atoms with Crippen molar-refractivity contribution in [2.75, 3.05) is 5.32 Å². The molecule has 4 rings (SSSR count). The number of nitrogens with zero attached hydrogens (tertiary/aromatic N) is 1. The van der Waals surface area contributed by atoms with Gasteiger partial charge in [0.2, 0.25) is 0 Å². The van der Waals surface area contributed by atoms with E-state index in [4.69, 9.17) is 0 Å². The minimum absolute atomic E-state index is 0.0151. The first-order valence-corrected chi connectivity index (χ1v) is 8.75. The molecule has 0 unspecified atom stereocenters. The Morgan fingerprint density at radius 3 is 2.30 bits per heavy atom. The number of carbonyl (C=O) groups excluding carboxylic acids is 1.